The molecule has 0 saturated carbocycles. The third kappa shape index (κ3) is 5.09. The Kier molecular flexibility index (Phi) is 6.58. The monoisotopic (exact) mass is 623 g/mol. The van der Waals surface area contributed by atoms with E-state index in [2.05, 4.69) is 40.3 Å². The molecule has 0 aliphatic carbocycles. The van der Waals surface area contributed by atoms with Gasteiger partial charge in [-0.25, -0.2) is 0 Å². The molecule has 3 heterocycles. The Morgan fingerprint density at radius 2 is 1.64 bits per heavy atom. The van der Waals surface area contributed by atoms with Crippen molar-refractivity contribution in [2.45, 2.75) is 6.92 Å². The van der Waals surface area contributed by atoms with Crippen LogP contribution in [-0.4, -0.2) is 9.97 Å². The van der Waals surface area contributed by atoms with Crippen molar-refractivity contribution in [3.05, 3.63) is 121 Å². The summed E-state index contributed by atoms with van der Waals surface area (Å²) in [6, 6.07) is 32.6. The van der Waals surface area contributed by atoms with Crippen LogP contribution in [0.25, 0.3) is 42.7 Å². The molecular weight excluding hydrogens is 601 g/mol. The van der Waals surface area contributed by atoms with Crippen molar-refractivity contribution in [2.75, 3.05) is 0 Å². The van der Waals surface area contributed by atoms with Crippen LogP contribution in [0.3, 0.4) is 0 Å². The molecule has 0 saturated heterocycles. The molecular formula is C29H20IrN2S-2. The summed E-state index contributed by atoms with van der Waals surface area (Å²) in [5.74, 6) is 0. The van der Waals surface area contributed by atoms with Gasteiger partial charge in [-0.15, -0.1) is 59.7 Å². The third-order valence-electron chi connectivity index (χ3n) is 4.99. The second kappa shape index (κ2) is 10.6. The minimum atomic E-state index is 0. The zero-order valence-electron chi connectivity index (χ0n) is 19.8. The molecule has 0 atom stereocenters. The molecule has 33 heavy (non-hydrogen) atoms. The minimum Gasteiger partial charge on any atom is -0.305 e. The largest absolute Gasteiger partial charge is 0.305 e. The van der Waals surface area contributed by atoms with Gasteiger partial charge >= 0.3 is 0 Å². The van der Waals surface area contributed by atoms with Gasteiger partial charge in [-0.1, -0.05) is 47.8 Å². The van der Waals surface area contributed by atoms with Crippen molar-refractivity contribution in [2.24, 2.45) is 0 Å². The molecule has 1 radical (unpaired) electrons. The fourth-order valence-electron chi connectivity index (χ4n) is 3.45. The molecule has 163 valence electrons. The minimum absolute atomic E-state index is 0. The molecule has 0 bridgehead atoms. The van der Waals surface area contributed by atoms with E-state index < -0.39 is 0 Å². The van der Waals surface area contributed by atoms with Crippen LogP contribution in [0.2, 0.25) is 0 Å². The zero-order chi connectivity index (χ0) is 23.5. The van der Waals surface area contributed by atoms with Gasteiger partial charge in [0.2, 0.25) is 0 Å². The van der Waals surface area contributed by atoms with Crippen molar-refractivity contribution in [3.63, 3.8) is 0 Å². The summed E-state index contributed by atoms with van der Waals surface area (Å²) in [6.45, 7) is 1.81. The van der Waals surface area contributed by atoms with E-state index in [0.717, 1.165) is 32.5 Å². The maximum atomic E-state index is 8.22. The number of aryl methyl sites for hydroxylation is 1. The van der Waals surface area contributed by atoms with E-state index in [1.54, 1.807) is 30.7 Å². The van der Waals surface area contributed by atoms with Gasteiger partial charge in [0.05, 0.1) is 2.74 Å². The molecule has 0 aliphatic rings. The Bertz CT molecular complexity index is 1550. The van der Waals surface area contributed by atoms with Crippen molar-refractivity contribution >= 4 is 31.5 Å². The van der Waals surface area contributed by atoms with Gasteiger partial charge in [0.1, 0.15) is 0 Å². The smallest absolute Gasteiger partial charge is 0.0618 e. The summed E-state index contributed by atoms with van der Waals surface area (Å²) < 4.78 is 18.5. The number of hydrogen-bond donors (Lipinski definition) is 0. The van der Waals surface area contributed by atoms with Gasteiger partial charge in [-0.2, -0.15) is 11.3 Å². The quantitative estimate of drug-likeness (QED) is 0.185. The van der Waals surface area contributed by atoms with Gasteiger partial charge in [0, 0.05) is 37.2 Å². The Balaban J connectivity index is 0.000000189. The maximum absolute atomic E-state index is 8.22. The van der Waals surface area contributed by atoms with E-state index >= 15 is 0 Å². The van der Waals surface area contributed by atoms with Gasteiger partial charge < -0.3 is 9.97 Å². The third-order valence-corrected chi connectivity index (χ3v) is 6.19. The second-order valence-corrected chi connectivity index (χ2v) is 8.28. The Labute approximate surface area is 214 Å². The molecule has 3 aromatic heterocycles. The molecule has 0 unspecified atom stereocenters. The van der Waals surface area contributed by atoms with Crippen molar-refractivity contribution in [1.29, 1.82) is 0 Å². The molecule has 6 rings (SSSR count). The number of pyridine rings is 2. The van der Waals surface area contributed by atoms with Crippen LogP contribution in [0, 0.1) is 19.1 Å². The fourth-order valence-corrected chi connectivity index (χ4v) is 4.65. The summed E-state index contributed by atoms with van der Waals surface area (Å²) in [5.41, 5.74) is 4.08. The molecule has 4 heteroatoms. The van der Waals surface area contributed by atoms with Crippen molar-refractivity contribution < 1.29 is 22.8 Å². The SMILES string of the molecule is [2H]c1c(C)cnc(-c2[c-]ccc3c2sc2ccccc23)c1[2H].[Ir].[c-]1ccccc1-c1ccccn1. The predicted molar refractivity (Wildman–Crippen MR) is 135 cm³/mol. The van der Waals surface area contributed by atoms with Crippen LogP contribution < -0.4 is 0 Å². The first kappa shape index (κ1) is 20.4. The first-order chi connectivity index (χ1) is 16.6. The first-order valence-electron chi connectivity index (χ1n) is 11.3. The van der Waals surface area contributed by atoms with E-state index in [-0.39, 0.29) is 32.2 Å². The zero-order valence-corrected chi connectivity index (χ0v) is 21.0. The summed E-state index contributed by atoms with van der Waals surface area (Å²) >= 11 is 1.69. The topological polar surface area (TPSA) is 25.8 Å². The van der Waals surface area contributed by atoms with Gasteiger partial charge in [-0.05, 0) is 46.1 Å². The van der Waals surface area contributed by atoms with Crippen molar-refractivity contribution in [3.8, 4) is 22.5 Å². The van der Waals surface area contributed by atoms with Gasteiger partial charge in [0.15, 0.2) is 0 Å². The summed E-state index contributed by atoms with van der Waals surface area (Å²) in [7, 11) is 0. The van der Waals surface area contributed by atoms with E-state index in [0.29, 0.717) is 5.69 Å². The van der Waals surface area contributed by atoms with Gasteiger partial charge in [-0.3, -0.25) is 0 Å². The molecule has 6 aromatic rings. The van der Waals surface area contributed by atoms with Crippen LogP contribution in [0.1, 0.15) is 8.30 Å². The van der Waals surface area contributed by atoms with E-state index in [4.69, 9.17) is 2.74 Å². The van der Waals surface area contributed by atoms with Crippen LogP contribution in [0.15, 0.2) is 103 Å². The average Bonchev–Trinajstić information content (AvgIpc) is 3.28. The number of benzene rings is 3. The number of rotatable bonds is 2. The summed E-state index contributed by atoms with van der Waals surface area (Å²) in [4.78, 5) is 8.61. The first-order valence-corrected chi connectivity index (χ1v) is 11.1. The van der Waals surface area contributed by atoms with Crippen LogP contribution in [0.5, 0.6) is 0 Å². The Morgan fingerprint density at radius 3 is 2.45 bits per heavy atom. The second-order valence-electron chi connectivity index (χ2n) is 7.22. The number of nitrogens with zero attached hydrogens (tertiary/aromatic N) is 2. The Hall–Kier alpha value is -3.17. The number of thiophene rings is 1. The molecule has 0 fully saturated rings. The molecule has 0 N–H and O–H groups in total. The van der Waals surface area contributed by atoms with Crippen LogP contribution >= 0.6 is 11.3 Å². The summed E-state index contributed by atoms with van der Waals surface area (Å²) in [5, 5.41) is 2.37. The van der Waals surface area contributed by atoms with Crippen LogP contribution in [-0.2, 0) is 20.1 Å². The standard InChI is InChI=1S/C18H12NS.C11H8N.Ir/c1-12-9-10-16(19-11-12)15-7-4-6-14-13-5-2-3-8-17(13)20-18(14)15;1-2-6-10(7-3-1)11-8-4-5-9-12-11;/h2-6,8-11H,1H3;1-6,8-9H;/q2*-1;/i9D,10D;;. The Morgan fingerprint density at radius 1 is 0.788 bits per heavy atom. The molecule has 3 aromatic carbocycles. The van der Waals surface area contributed by atoms with E-state index in [1.165, 1.54) is 10.1 Å². The van der Waals surface area contributed by atoms with E-state index in [1.807, 2.05) is 60.7 Å². The fraction of sp³-hybridized carbons (Fsp3) is 0.0345. The average molecular weight is 623 g/mol. The molecule has 0 spiro atoms. The van der Waals surface area contributed by atoms with Gasteiger partial charge in [0.25, 0.3) is 0 Å². The molecule has 2 nitrogen and oxygen atoms in total. The maximum Gasteiger partial charge on any atom is 0.0618 e. The summed E-state index contributed by atoms with van der Waals surface area (Å²) in [6.07, 6.45) is 3.45. The van der Waals surface area contributed by atoms with E-state index in [9.17, 15) is 0 Å². The molecule has 0 aliphatic heterocycles. The number of aromatic nitrogens is 2. The number of fused-ring (bicyclic) bond motifs is 3. The normalized spacial score (nSPS) is 11.2. The van der Waals surface area contributed by atoms with Crippen LogP contribution in [0.4, 0.5) is 0 Å². The number of hydrogen-bond acceptors (Lipinski definition) is 3. The molecule has 0 amide bonds. The van der Waals surface area contributed by atoms with Crippen molar-refractivity contribution in [1.82, 2.24) is 9.97 Å². The predicted octanol–water partition coefficient (Wildman–Crippen LogP) is 7.77.